The van der Waals surface area contributed by atoms with Crippen LogP contribution < -0.4 is 5.32 Å². The lowest BCUT2D eigenvalue weighted by Crippen LogP contribution is -2.35. The number of rotatable bonds is 3. The molecule has 3 atom stereocenters. The molecule has 1 aliphatic rings. The Kier molecular flexibility index (Phi) is 4.08. The predicted molar refractivity (Wildman–Crippen MR) is 77.4 cm³/mol. The molecule has 0 spiro atoms. The van der Waals surface area contributed by atoms with E-state index in [2.05, 4.69) is 19.2 Å². The molecule has 0 aromatic heterocycles. The van der Waals surface area contributed by atoms with E-state index >= 15 is 0 Å². The van der Waals surface area contributed by atoms with Crippen molar-refractivity contribution in [1.29, 1.82) is 0 Å². The number of nitrogens with one attached hydrogen (secondary N) is 1. The molecular weight excluding hydrogens is 240 g/mol. The Balaban J connectivity index is 2.23. The quantitative estimate of drug-likeness (QED) is 0.658. The predicted octanol–water partition coefficient (Wildman–Crippen LogP) is 4.14. The second-order valence-electron chi connectivity index (χ2n) is 5.75. The van der Waals surface area contributed by atoms with Crippen molar-refractivity contribution >= 4 is 11.4 Å². The molecule has 0 radical (unpaired) electrons. The lowest BCUT2D eigenvalue weighted by Gasteiger charge is -2.35. The van der Waals surface area contributed by atoms with Gasteiger partial charge in [0.2, 0.25) is 0 Å². The van der Waals surface area contributed by atoms with Crippen LogP contribution in [0.5, 0.6) is 0 Å². The smallest absolute Gasteiger partial charge is 0.295 e. The summed E-state index contributed by atoms with van der Waals surface area (Å²) in [6.07, 6.45) is 3.55. The summed E-state index contributed by atoms with van der Waals surface area (Å²) in [5.74, 6) is 1.23. The van der Waals surface area contributed by atoms with Gasteiger partial charge < -0.3 is 5.32 Å². The molecule has 0 aliphatic heterocycles. The Bertz CT molecular complexity index is 473. The molecule has 1 N–H and O–H groups in total. The monoisotopic (exact) mass is 262 g/mol. The van der Waals surface area contributed by atoms with Crippen LogP contribution in [-0.2, 0) is 0 Å². The van der Waals surface area contributed by atoms with E-state index in [0.717, 1.165) is 6.42 Å². The highest BCUT2D eigenvalue weighted by Gasteiger charge is 2.28. The summed E-state index contributed by atoms with van der Waals surface area (Å²) in [6.45, 7) is 6.29. The van der Waals surface area contributed by atoms with E-state index in [4.69, 9.17) is 0 Å². The third kappa shape index (κ3) is 2.88. The Hall–Kier alpha value is -1.58. The molecule has 1 aromatic carbocycles. The van der Waals surface area contributed by atoms with Gasteiger partial charge in [0.05, 0.1) is 4.92 Å². The molecule has 0 bridgehead atoms. The van der Waals surface area contributed by atoms with Crippen LogP contribution in [-0.4, -0.2) is 11.0 Å². The molecule has 1 aliphatic carbocycles. The summed E-state index contributed by atoms with van der Waals surface area (Å²) in [5, 5.41) is 14.6. The number of nitro benzene ring substituents is 1. The maximum absolute atomic E-state index is 11.2. The zero-order valence-corrected chi connectivity index (χ0v) is 11.8. The van der Waals surface area contributed by atoms with Crippen LogP contribution in [0.4, 0.5) is 11.4 Å². The Morgan fingerprint density at radius 3 is 2.74 bits per heavy atom. The first kappa shape index (κ1) is 13.8. The SMILES string of the molecule is Cc1cccc(NC2CCCC(C)C2C)c1[N+](=O)[O-]. The van der Waals surface area contributed by atoms with Crippen LogP contribution in [0.25, 0.3) is 0 Å². The minimum absolute atomic E-state index is 0.216. The molecule has 104 valence electrons. The first-order chi connectivity index (χ1) is 9.00. The van der Waals surface area contributed by atoms with E-state index in [1.54, 1.807) is 13.0 Å². The minimum atomic E-state index is -0.283. The molecule has 1 aromatic rings. The fourth-order valence-corrected chi connectivity index (χ4v) is 3.00. The zero-order valence-electron chi connectivity index (χ0n) is 11.8. The molecule has 2 rings (SSSR count). The molecule has 0 amide bonds. The number of nitro groups is 1. The van der Waals surface area contributed by atoms with E-state index in [-0.39, 0.29) is 10.6 Å². The van der Waals surface area contributed by atoms with Gasteiger partial charge in [-0.2, -0.15) is 0 Å². The highest BCUT2D eigenvalue weighted by molar-refractivity contribution is 5.65. The van der Waals surface area contributed by atoms with Crippen molar-refractivity contribution in [2.24, 2.45) is 11.8 Å². The minimum Gasteiger partial charge on any atom is -0.376 e. The topological polar surface area (TPSA) is 55.2 Å². The number of benzene rings is 1. The van der Waals surface area contributed by atoms with Gasteiger partial charge in [-0.1, -0.05) is 38.8 Å². The lowest BCUT2D eigenvalue weighted by molar-refractivity contribution is -0.384. The van der Waals surface area contributed by atoms with Crippen molar-refractivity contribution in [2.75, 3.05) is 5.32 Å². The van der Waals surface area contributed by atoms with Gasteiger partial charge in [0, 0.05) is 11.6 Å². The van der Waals surface area contributed by atoms with Crippen molar-refractivity contribution in [3.63, 3.8) is 0 Å². The third-order valence-electron chi connectivity index (χ3n) is 4.47. The van der Waals surface area contributed by atoms with Crippen molar-refractivity contribution in [3.05, 3.63) is 33.9 Å². The standard InChI is InChI=1S/C15H22N2O2/c1-10-6-4-8-13(12(10)3)16-14-9-5-7-11(2)15(14)17(18)19/h5,7,9-10,12-13,16H,4,6,8H2,1-3H3. The first-order valence-corrected chi connectivity index (χ1v) is 7.01. The fourth-order valence-electron chi connectivity index (χ4n) is 3.00. The molecule has 4 heteroatoms. The van der Waals surface area contributed by atoms with Crippen LogP contribution >= 0.6 is 0 Å². The van der Waals surface area contributed by atoms with Gasteiger partial charge in [-0.15, -0.1) is 0 Å². The molecule has 3 unspecified atom stereocenters. The highest BCUT2D eigenvalue weighted by Crippen LogP contribution is 2.35. The fraction of sp³-hybridized carbons (Fsp3) is 0.600. The van der Waals surface area contributed by atoms with Gasteiger partial charge in [0.15, 0.2) is 0 Å². The van der Waals surface area contributed by atoms with Crippen molar-refractivity contribution in [3.8, 4) is 0 Å². The summed E-state index contributed by atoms with van der Waals surface area (Å²) in [4.78, 5) is 10.9. The summed E-state index contributed by atoms with van der Waals surface area (Å²) >= 11 is 0. The molecule has 1 fully saturated rings. The molecule has 1 saturated carbocycles. The van der Waals surface area contributed by atoms with E-state index in [1.165, 1.54) is 12.8 Å². The molecule has 19 heavy (non-hydrogen) atoms. The van der Waals surface area contributed by atoms with Gasteiger partial charge in [-0.25, -0.2) is 0 Å². The van der Waals surface area contributed by atoms with Gasteiger partial charge in [-0.3, -0.25) is 10.1 Å². The van der Waals surface area contributed by atoms with Crippen molar-refractivity contribution in [2.45, 2.75) is 46.1 Å². The molecule has 0 saturated heterocycles. The summed E-state index contributed by atoms with van der Waals surface area (Å²) in [7, 11) is 0. The molecule has 0 heterocycles. The maximum Gasteiger partial charge on any atom is 0.295 e. The molecular formula is C15H22N2O2. The second-order valence-corrected chi connectivity index (χ2v) is 5.75. The highest BCUT2D eigenvalue weighted by atomic mass is 16.6. The van der Waals surface area contributed by atoms with E-state index in [0.29, 0.717) is 29.1 Å². The number of hydrogen-bond donors (Lipinski definition) is 1. The number of hydrogen-bond acceptors (Lipinski definition) is 3. The largest absolute Gasteiger partial charge is 0.376 e. The van der Waals surface area contributed by atoms with Gasteiger partial charge in [-0.05, 0) is 31.2 Å². The van der Waals surface area contributed by atoms with Crippen LogP contribution in [0, 0.1) is 28.9 Å². The van der Waals surface area contributed by atoms with Gasteiger partial charge in [0.25, 0.3) is 5.69 Å². The van der Waals surface area contributed by atoms with Crippen LogP contribution in [0.1, 0.15) is 38.7 Å². The van der Waals surface area contributed by atoms with Crippen LogP contribution in [0.2, 0.25) is 0 Å². The Morgan fingerprint density at radius 1 is 1.32 bits per heavy atom. The summed E-state index contributed by atoms with van der Waals surface area (Å²) in [5.41, 5.74) is 1.59. The van der Waals surface area contributed by atoms with E-state index in [1.807, 2.05) is 12.1 Å². The maximum atomic E-state index is 11.2. The average molecular weight is 262 g/mol. The number of aryl methyl sites for hydroxylation is 1. The summed E-state index contributed by atoms with van der Waals surface area (Å²) in [6, 6.07) is 5.82. The lowest BCUT2D eigenvalue weighted by atomic mass is 9.78. The van der Waals surface area contributed by atoms with Crippen molar-refractivity contribution in [1.82, 2.24) is 0 Å². The van der Waals surface area contributed by atoms with Gasteiger partial charge >= 0.3 is 0 Å². The first-order valence-electron chi connectivity index (χ1n) is 7.01. The average Bonchev–Trinajstić information content (AvgIpc) is 2.34. The normalized spacial score (nSPS) is 27.0. The third-order valence-corrected chi connectivity index (χ3v) is 4.47. The second kappa shape index (κ2) is 5.59. The van der Waals surface area contributed by atoms with Crippen LogP contribution in [0.15, 0.2) is 18.2 Å². The zero-order chi connectivity index (χ0) is 14.0. The number of anilines is 1. The Morgan fingerprint density at radius 2 is 2.05 bits per heavy atom. The van der Waals surface area contributed by atoms with Crippen molar-refractivity contribution < 1.29 is 4.92 Å². The number of para-hydroxylation sites is 1. The van der Waals surface area contributed by atoms with Crippen LogP contribution in [0.3, 0.4) is 0 Å². The summed E-state index contributed by atoms with van der Waals surface area (Å²) < 4.78 is 0. The van der Waals surface area contributed by atoms with E-state index in [9.17, 15) is 10.1 Å². The van der Waals surface area contributed by atoms with E-state index < -0.39 is 0 Å². The van der Waals surface area contributed by atoms with Gasteiger partial charge in [0.1, 0.15) is 5.69 Å². The Labute approximate surface area is 114 Å². The molecule has 4 nitrogen and oxygen atoms in total. The number of nitrogens with zero attached hydrogens (tertiary/aromatic N) is 1.